The van der Waals surface area contributed by atoms with Gasteiger partial charge in [-0.05, 0) is 12.5 Å². The summed E-state index contributed by atoms with van der Waals surface area (Å²) in [5.74, 6) is -1.89. The highest BCUT2D eigenvalue weighted by Crippen LogP contribution is 2.31. The quantitative estimate of drug-likeness (QED) is 0.639. The van der Waals surface area contributed by atoms with Crippen LogP contribution in [0.25, 0.3) is 0 Å². The van der Waals surface area contributed by atoms with Gasteiger partial charge in [-0.15, -0.1) is 0 Å². The van der Waals surface area contributed by atoms with Crippen LogP contribution in [0.2, 0.25) is 0 Å². The number of carbonyl (C=O) groups excluding carboxylic acids is 1. The van der Waals surface area contributed by atoms with Crippen LogP contribution < -0.4 is 4.74 Å². The Balaban J connectivity index is 2.73. The van der Waals surface area contributed by atoms with Gasteiger partial charge in [0.2, 0.25) is 0 Å². The average molecular weight is 198 g/mol. The van der Waals surface area contributed by atoms with Crippen molar-refractivity contribution in [3.05, 3.63) is 28.8 Å². The first-order valence-electron chi connectivity index (χ1n) is 4.26. The van der Waals surface area contributed by atoms with E-state index in [0.717, 1.165) is 6.07 Å². The van der Waals surface area contributed by atoms with Gasteiger partial charge in [0, 0.05) is 12.5 Å². The van der Waals surface area contributed by atoms with Gasteiger partial charge in [0.1, 0.15) is 5.82 Å². The maximum absolute atomic E-state index is 13.2. The Kier molecular flexibility index (Phi) is 1.98. The number of carbonyl (C=O) groups is 1. The first-order chi connectivity index (χ1) is 6.61. The third-order valence-corrected chi connectivity index (χ3v) is 2.29. The van der Waals surface area contributed by atoms with Crippen molar-refractivity contribution in [2.75, 3.05) is 6.61 Å². The minimum Gasteiger partial charge on any atom is -0.489 e. The first kappa shape index (κ1) is 9.12. The molecule has 2 rings (SSSR count). The van der Waals surface area contributed by atoms with Gasteiger partial charge in [-0.3, -0.25) is 4.79 Å². The highest BCUT2D eigenvalue weighted by molar-refractivity contribution is 6.01. The lowest BCUT2D eigenvalue weighted by atomic mass is 9.99. The molecule has 0 atom stereocenters. The summed E-state index contributed by atoms with van der Waals surface area (Å²) in [6.07, 6.45) is 0.177. The lowest BCUT2D eigenvalue weighted by Gasteiger charge is -2.18. The summed E-state index contributed by atoms with van der Waals surface area (Å²) in [7, 11) is 0. The molecule has 1 heterocycles. The zero-order valence-corrected chi connectivity index (χ0v) is 7.56. The number of ether oxygens (including phenoxy) is 1. The van der Waals surface area contributed by atoms with Crippen LogP contribution in [0.4, 0.5) is 8.78 Å². The van der Waals surface area contributed by atoms with Gasteiger partial charge in [-0.2, -0.15) is 0 Å². The number of fused-ring (bicyclic) bond motifs is 1. The van der Waals surface area contributed by atoms with Crippen LogP contribution in [0.3, 0.4) is 0 Å². The third-order valence-electron chi connectivity index (χ3n) is 2.29. The van der Waals surface area contributed by atoms with E-state index < -0.39 is 11.6 Å². The molecule has 0 radical (unpaired) electrons. The summed E-state index contributed by atoms with van der Waals surface area (Å²) in [4.78, 5) is 11.4. The fourth-order valence-corrected chi connectivity index (χ4v) is 1.54. The van der Waals surface area contributed by atoms with Gasteiger partial charge in [0.15, 0.2) is 17.3 Å². The van der Waals surface area contributed by atoms with Crippen LogP contribution in [0.5, 0.6) is 5.75 Å². The Morgan fingerprint density at radius 1 is 1.36 bits per heavy atom. The largest absolute Gasteiger partial charge is 0.489 e. The summed E-state index contributed by atoms with van der Waals surface area (Å²) in [5, 5.41) is 0. The number of hydrogen-bond acceptors (Lipinski definition) is 2. The molecule has 2 nitrogen and oxygen atoms in total. The highest BCUT2D eigenvalue weighted by atomic mass is 19.1. The number of halogens is 2. The maximum Gasteiger partial charge on any atom is 0.170 e. The van der Waals surface area contributed by atoms with Crippen LogP contribution in [-0.2, 0) is 0 Å². The first-order valence-corrected chi connectivity index (χ1v) is 4.26. The second kappa shape index (κ2) is 3.04. The van der Waals surface area contributed by atoms with Gasteiger partial charge < -0.3 is 4.74 Å². The molecule has 1 aromatic rings. The van der Waals surface area contributed by atoms with Crippen LogP contribution in [-0.4, -0.2) is 12.4 Å². The van der Waals surface area contributed by atoms with E-state index in [4.69, 9.17) is 4.74 Å². The Morgan fingerprint density at radius 3 is 2.79 bits per heavy atom. The molecule has 0 bridgehead atoms. The molecule has 74 valence electrons. The summed E-state index contributed by atoms with van der Waals surface area (Å²) in [6, 6.07) is 0.743. The van der Waals surface area contributed by atoms with Crippen LogP contribution >= 0.6 is 0 Å². The van der Waals surface area contributed by atoms with Crippen molar-refractivity contribution in [1.82, 2.24) is 0 Å². The zero-order chi connectivity index (χ0) is 10.3. The lowest BCUT2D eigenvalue weighted by Crippen LogP contribution is -2.18. The Hall–Kier alpha value is -1.45. The van der Waals surface area contributed by atoms with E-state index in [0.29, 0.717) is 0 Å². The normalized spacial score (nSPS) is 14.9. The standard InChI is InChI=1S/C10H8F2O2/c1-5-6(11)4-7(12)10-9(5)8(13)2-3-14-10/h4H,2-3H2,1H3. The van der Waals surface area contributed by atoms with E-state index >= 15 is 0 Å². The third kappa shape index (κ3) is 1.18. The molecular weight excluding hydrogens is 190 g/mol. The summed E-state index contributed by atoms with van der Waals surface area (Å²) in [6.45, 7) is 1.61. The predicted molar refractivity (Wildman–Crippen MR) is 45.5 cm³/mol. The van der Waals surface area contributed by atoms with Crippen LogP contribution in [0.1, 0.15) is 22.3 Å². The van der Waals surface area contributed by atoms with E-state index in [1.807, 2.05) is 0 Å². The maximum atomic E-state index is 13.2. The van der Waals surface area contributed by atoms with Crippen LogP contribution in [0, 0.1) is 18.6 Å². The van der Waals surface area contributed by atoms with E-state index in [1.54, 1.807) is 0 Å². The zero-order valence-electron chi connectivity index (χ0n) is 7.56. The molecule has 0 N–H and O–H groups in total. The molecule has 0 aromatic heterocycles. The van der Waals surface area contributed by atoms with Gasteiger partial charge in [0.05, 0.1) is 12.2 Å². The van der Waals surface area contributed by atoms with Crippen molar-refractivity contribution < 1.29 is 18.3 Å². The van der Waals surface area contributed by atoms with Crippen molar-refractivity contribution in [1.29, 1.82) is 0 Å². The van der Waals surface area contributed by atoms with Crippen molar-refractivity contribution in [2.45, 2.75) is 13.3 Å². The number of hydrogen-bond donors (Lipinski definition) is 0. The van der Waals surface area contributed by atoms with E-state index in [9.17, 15) is 13.6 Å². The minimum atomic E-state index is -0.809. The molecule has 1 aromatic carbocycles. The predicted octanol–water partition coefficient (Wildman–Crippen LogP) is 2.24. The molecule has 0 saturated carbocycles. The molecule has 0 spiro atoms. The lowest BCUT2D eigenvalue weighted by molar-refractivity contribution is 0.0927. The second-order valence-electron chi connectivity index (χ2n) is 3.19. The monoisotopic (exact) mass is 198 g/mol. The average Bonchev–Trinajstić information content (AvgIpc) is 2.14. The van der Waals surface area contributed by atoms with Crippen molar-refractivity contribution in [3.63, 3.8) is 0 Å². The molecule has 0 aliphatic carbocycles. The van der Waals surface area contributed by atoms with Gasteiger partial charge >= 0.3 is 0 Å². The van der Waals surface area contributed by atoms with Crippen molar-refractivity contribution in [2.24, 2.45) is 0 Å². The molecule has 0 amide bonds. The van der Waals surface area contributed by atoms with Gasteiger partial charge in [0.25, 0.3) is 0 Å². The Bertz CT molecular complexity index is 413. The fourth-order valence-electron chi connectivity index (χ4n) is 1.54. The second-order valence-corrected chi connectivity index (χ2v) is 3.19. The minimum absolute atomic E-state index is 0.0498. The molecule has 0 fully saturated rings. The molecule has 4 heteroatoms. The van der Waals surface area contributed by atoms with E-state index in [-0.39, 0.29) is 35.7 Å². The Labute approximate surface area is 79.5 Å². The van der Waals surface area contributed by atoms with Gasteiger partial charge in [-0.1, -0.05) is 0 Å². The number of rotatable bonds is 0. The van der Waals surface area contributed by atoms with E-state index in [1.165, 1.54) is 6.92 Å². The fraction of sp³-hybridized carbons (Fsp3) is 0.300. The number of ketones is 1. The summed E-state index contributed by atoms with van der Waals surface area (Å²) >= 11 is 0. The number of benzene rings is 1. The number of Topliss-reactive ketones (excluding diaryl/α,β-unsaturated/α-hetero) is 1. The van der Waals surface area contributed by atoms with Gasteiger partial charge in [-0.25, -0.2) is 8.78 Å². The molecule has 0 unspecified atom stereocenters. The molecule has 1 aliphatic rings. The molecule has 0 saturated heterocycles. The Morgan fingerprint density at radius 2 is 2.07 bits per heavy atom. The molecule has 1 aliphatic heterocycles. The summed E-state index contributed by atoms with van der Waals surface area (Å²) < 4.78 is 31.3. The smallest absolute Gasteiger partial charge is 0.170 e. The van der Waals surface area contributed by atoms with Crippen LogP contribution in [0.15, 0.2) is 6.07 Å². The SMILES string of the molecule is Cc1c(F)cc(F)c2c1C(=O)CCO2. The summed E-state index contributed by atoms with van der Waals surface area (Å²) in [5.41, 5.74) is 0.208. The topological polar surface area (TPSA) is 26.3 Å². The van der Waals surface area contributed by atoms with Crippen molar-refractivity contribution >= 4 is 5.78 Å². The van der Waals surface area contributed by atoms with Crippen molar-refractivity contribution in [3.8, 4) is 5.75 Å². The van der Waals surface area contributed by atoms with E-state index in [2.05, 4.69) is 0 Å². The molecule has 14 heavy (non-hydrogen) atoms. The highest BCUT2D eigenvalue weighted by Gasteiger charge is 2.26. The molecular formula is C10H8F2O2.